The van der Waals surface area contributed by atoms with E-state index in [1.165, 1.54) is 4.31 Å². The van der Waals surface area contributed by atoms with Crippen LogP contribution in [0.1, 0.15) is 30.4 Å². The lowest BCUT2D eigenvalue weighted by Crippen LogP contribution is -2.34. The predicted octanol–water partition coefficient (Wildman–Crippen LogP) is 1.42. The van der Waals surface area contributed by atoms with Gasteiger partial charge in [0, 0.05) is 31.8 Å². The number of rotatable bonds is 5. The van der Waals surface area contributed by atoms with Crippen molar-refractivity contribution in [2.45, 2.75) is 38.6 Å². The van der Waals surface area contributed by atoms with Gasteiger partial charge in [-0.3, -0.25) is 0 Å². The third-order valence-electron chi connectivity index (χ3n) is 3.66. The Morgan fingerprint density at radius 3 is 2.67 bits per heavy atom. The van der Waals surface area contributed by atoms with Gasteiger partial charge in [0.2, 0.25) is 10.0 Å². The maximum absolute atomic E-state index is 12.9. The first-order valence-electron chi connectivity index (χ1n) is 7.36. The van der Waals surface area contributed by atoms with Crippen molar-refractivity contribution >= 4 is 10.0 Å². The van der Waals surface area contributed by atoms with Gasteiger partial charge >= 0.3 is 0 Å². The molecule has 0 bridgehead atoms. The average molecular weight is 316 g/mol. The van der Waals surface area contributed by atoms with Crippen molar-refractivity contribution in [1.82, 2.24) is 9.62 Å². The van der Waals surface area contributed by atoms with Gasteiger partial charge in [-0.05, 0) is 26.8 Å². The number of hydrogen-bond acceptors (Lipinski definition) is 5. The second-order valence-electron chi connectivity index (χ2n) is 5.17. The molecule has 21 heavy (non-hydrogen) atoms. The van der Waals surface area contributed by atoms with E-state index in [9.17, 15) is 8.42 Å². The number of nitrogens with one attached hydrogen (secondary N) is 1. The maximum Gasteiger partial charge on any atom is 0.246 e. The first kappa shape index (κ1) is 16.5. The number of nitrogens with zero attached hydrogens (tertiary/aromatic N) is 1. The van der Waals surface area contributed by atoms with Crippen molar-refractivity contribution in [3.63, 3.8) is 0 Å². The minimum Gasteiger partial charge on any atom is -0.465 e. The standard InChI is InChI=1S/C14H24N2O4S/c1-4-15-10-13-11(2)20-12(3)14(13)21(17,18)16-6-5-8-19-9-7-16/h15H,4-10H2,1-3H3. The smallest absolute Gasteiger partial charge is 0.246 e. The van der Waals surface area contributed by atoms with E-state index >= 15 is 0 Å². The summed E-state index contributed by atoms with van der Waals surface area (Å²) in [6.07, 6.45) is 0.720. The second kappa shape index (κ2) is 6.91. The van der Waals surface area contributed by atoms with Crippen LogP contribution in [0.25, 0.3) is 0 Å². The lowest BCUT2D eigenvalue weighted by molar-refractivity contribution is 0.148. The molecule has 120 valence electrons. The maximum atomic E-state index is 12.9. The van der Waals surface area contributed by atoms with Gasteiger partial charge in [-0.25, -0.2) is 8.42 Å². The molecule has 1 saturated heterocycles. The minimum atomic E-state index is -3.54. The van der Waals surface area contributed by atoms with Crippen LogP contribution in [0.2, 0.25) is 0 Å². The van der Waals surface area contributed by atoms with Crippen LogP contribution in [0, 0.1) is 13.8 Å². The summed E-state index contributed by atoms with van der Waals surface area (Å²) in [5, 5.41) is 3.18. The van der Waals surface area contributed by atoms with E-state index < -0.39 is 10.0 Å². The molecule has 6 nitrogen and oxygen atoms in total. The van der Waals surface area contributed by atoms with Crippen LogP contribution >= 0.6 is 0 Å². The van der Waals surface area contributed by atoms with Crippen LogP contribution in [-0.4, -0.2) is 45.6 Å². The summed E-state index contributed by atoms with van der Waals surface area (Å²) < 4.78 is 38.3. The Labute approximate surface area is 126 Å². The molecule has 1 fully saturated rings. The molecule has 0 spiro atoms. The normalized spacial score (nSPS) is 17.9. The summed E-state index contributed by atoms with van der Waals surface area (Å²) in [5.74, 6) is 1.13. The first-order chi connectivity index (χ1) is 9.98. The molecule has 0 unspecified atom stereocenters. The van der Waals surface area contributed by atoms with Crippen molar-refractivity contribution in [1.29, 1.82) is 0 Å². The Morgan fingerprint density at radius 2 is 1.95 bits per heavy atom. The third kappa shape index (κ3) is 3.48. The zero-order valence-corrected chi connectivity index (χ0v) is 13.8. The van der Waals surface area contributed by atoms with Gasteiger partial charge in [0.1, 0.15) is 16.4 Å². The summed E-state index contributed by atoms with van der Waals surface area (Å²) in [7, 11) is -3.54. The van der Waals surface area contributed by atoms with E-state index in [0.29, 0.717) is 49.3 Å². The number of aryl methyl sites for hydroxylation is 2. The molecule has 0 aromatic carbocycles. The molecule has 2 heterocycles. The van der Waals surface area contributed by atoms with Gasteiger partial charge in [0.25, 0.3) is 0 Å². The van der Waals surface area contributed by atoms with E-state index in [4.69, 9.17) is 9.15 Å². The highest BCUT2D eigenvalue weighted by atomic mass is 32.2. The molecular weight excluding hydrogens is 292 g/mol. The highest BCUT2D eigenvalue weighted by Crippen LogP contribution is 2.29. The van der Waals surface area contributed by atoms with Crippen LogP contribution < -0.4 is 5.32 Å². The van der Waals surface area contributed by atoms with Crippen molar-refractivity contribution in [3.05, 3.63) is 17.1 Å². The van der Waals surface area contributed by atoms with Gasteiger partial charge in [0.05, 0.1) is 6.61 Å². The van der Waals surface area contributed by atoms with Crippen LogP contribution in [0.15, 0.2) is 9.31 Å². The van der Waals surface area contributed by atoms with E-state index in [1.54, 1.807) is 6.92 Å². The fraction of sp³-hybridized carbons (Fsp3) is 0.714. The average Bonchev–Trinajstić information content (AvgIpc) is 2.63. The quantitative estimate of drug-likeness (QED) is 0.889. The Hall–Kier alpha value is -0.890. The van der Waals surface area contributed by atoms with Crippen LogP contribution in [0.5, 0.6) is 0 Å². The summed E-state index contributed by atoms with van der Waals surface area (Å²) >= 11 is 0. The molecule has 7 heteroatoms. The molecule has 1 aliphatic heterocycles. The number of hydrogen-bond donors (Lipinski definition) is 1. The Bertz CT molecular complexity index is 572. The minimum absolute atomic E-state index is 0.322. The van der Waals surface area contributed by atoms with Crippen LogP contribution in [-0.2, 0) is 21.3 Å². The van der Waals surface area contributed by atoms with E-state index in [0.717, 1.165) is 18.5 Å². The molecule has 1 N–H and O–H groups in total. The van der Waals surface area contributed by atoms with E-state index in [-0.39, 0.29) is 0 Å². The molecule has 0 amide bonds. The predicted molar refractivity (Wildman–Crippen MR) is 79.8 cm³/mol. The second-order valence-corrected chi connectivity index (χ2v) is 7.05. The van der Waals surface area contributed by atoms with E-state index in [1.807, 2.05) is 13.8 Å². The SMILES string of the molecule is CCNCc1c(C)oc(C)c1S(=O)(=O)N1CCCOCC1. The lowest BCUT2D eigenvalue weighted by atomic mass is 10.2. The van der Waals surface area contributed by atoms with Crippen molar-refractivity contribution in [2.24, 2.45) is 0 Å². The monoisotopic (exact) mass is 316 g/mol. The molecule has 2 rings (SSSR count). The molecule has 0 aliphatic carbocycles. The van der Waals surface area contributed by atoms with Crippen molar-refractivity contribution in [2.75, 3.05) is 32.8 Å². The van der Waals surface area contributed by atoms with Gasteiger partial charge in [0.15, 0.2) is 0 Å². The lowest BCUT2D eigenvalue weighted by Gasteiger charge is -2.20. The zero-order chi connectivity index (χ0) is 15.5. The van der Waals surface area contributed by atoms with Crippen LogP contribution in [0.3, 0.4) is 0 Å². The summed E-state index contributed by atoms with van der Waals surface area (Å²) in [6.45, 7) is 8.73. The first-order valence-corrected chi connectivity index (χ1v) is 8.80. The molecule has 0 saturated carbocycles. The van der Waals surface area contributed by atoms with Gasteiger partial charge in [-0.15, -0.1) is 0 Å². The Morgan fingerprint density at radius 1 is 1.19 bits per heavy atom. The van der Waals surface area contributed by atoms with Crippen LogP contribution in [0.4, 0.5) is 0 Å². The number of furan rings is 1. The largest absolute Gasteiger partial charge is 0.465 e. The summed E-state index contributed by atoms with van der Waals surface area (Å²) in [4.78, 5) is 0.322. The highest BCUT2D eigenvalue weighted by molar-refractivity contribution is 7.89. The highest BCUT2D eigenvalue weighted by Gasteiger charge is 2.32. The molecular formula is C14H24N2O4S. The summed E-state index contributed by atoms with van der Waals surface area (Å²) in [6, 6.07) is 0. The molecule has 0 atom stereocenters. The van der Waals surface area contributed by atoms with Gasteiger partial charge in [-0.2, -0.15) is 4.31 Å². The van der Waals surface area contributed by atoms with Crippen molar-refractivity contribution < 1.29 is 17.6 Å². The fourth-order valence-electron chi connectivity index (χ4n) is 2.59. The molecule has 1 aromatic heterocycles. The summed E-state index contributed by atoms with van der Waals surface area (Å²) in [5.41, 5.74) is 0.736. The molecule has 1 aliphatic rings. The Kier molecular flexibility index (Phi) is 5.43. The Balaban J connectivity index is 2.38. The topological polar surface area (TPSA) is 71.8 Å². The fourth-order valence-corrected chi connectivity index (χ4v) is 4.47. The third-order valence-corrected chi connectivity index (χ3v) is 5.75. The number of ether oxygens (including phenoxy) is 1. The zero-order valence-electron chi connectivity index (χ0n) is 12.9. The molecule has 1 aromatic rings. The number of sulfonamides is 1. The van der Waals surface area contributed by atoms with E-state index in [2.05, 4.69) is 5.32 Å². The van der Waals surface area contributed by atoms with Gasteiger partial charge in [-0.1, -0.05) is 6.92 Å². The van der Waals surface area contributed by atoms with Crippen molar-refractivity contribution in [3.8, 4) is 0 Å². The molecule has 0 radical (unpaired) electrons. The van der Waals surface area contributed by atoms with Gasteiger partial charge < -0.3 is 14.5 Å².